The first-order valence-electron chi connectivity index (χ1n) is 5.72. The predicted octanol–water partition coefficient (Wildman–Crippen LogP) is 2.43. The molecule has 0 aliphatic rings. The fraction of sp³-hybridized carbons (Fsp3) is 0.308. The fourth-order valence-corrected chi connectivity index (χ4v) is 1.86. The lowest BCUT2D eigenvalue weighted by molar-refractivity contribution is 0.617. The molecular formula is C13H16FN3. The van der Waals surface area contributed by atoms with Crippen LogP contribution >= 0.6 is 0 Å². The lowest BCUT2D eigenvalue weighted by atomic mass is 10.1. The predicted molar refractivity (Wildman–Crippen MR) is 66.1 cm³/mol. The van der Waals surface area contributed by atoms with Crippen molar-refractivity contribution in [3.8, 4) is 11.3 Å². The van der Waals surface area contributed by atoms with Gasteiger partial charge in [-0.05, 0) is 32.2 Å². The first-order valence-corrected chi connectivity index (χ1v) is 5.72. The van der Waals surface area contributed by atoms with Crippen LogP contribution in [0, 0.1) is 5.82 Å². The summed E-state index contributed by atoms with van der Waals surface area (Å²) in [5.41, 5.74) is 2.35. The van der Waals surface area contributed by atoms with Crippen LogP contribution in [-0.2, 0) is 13.1 Å². The van der Waals surface area contributed by atoms with E-state index in [0.29, 0.717) is 12.1 Å². The van der Waals surface area contributed by atoms with Crippen LogP contribution in [0.1, 0.15) is 12.6 Å². The maximum Gasteiger partial charge on any atom is 0.132 e. The van der Waals surface area contributed by atoms with Gasteiger partial charge in [0.25, 0.3) is 0 Å². The summed E-state index contributed by atoms with van der Waals surface area (Å²) >= 11 is 0. The third-order valence-corrected chi connectivity index (χ3v) is 2.64. The van der Waals surface area contributed by atoms with Crippen LogP contribution in [0.25, 0.3) is 11.3 Å². The number of hydrogen-bond donors (Lipinski definition) is 1. The molecule has 0 spiro atoms. The Morgan fingerprint density at radius 1 is 1.35 bits per heavy atom. The van der Waals surface area contributed by atoms with Gasteiger partial charge in [-0.1, -0.05) is 12.1 Å². The Balaban J connectivity index is 2.47. The first-order chi connectivity index (χ1) is 8.26. The molecule has 0 amide bonds. The molecule has 0 saturated heterocycles. The molecule has 0 aliphatic heterocycles. The van der Waals surface area contributed by atoms with E-state index < -0.39 is 0 Å². The minimum Gasteiger partial charge on any atom is -0.314 e. The Morgan fingerprint density at radius 3 is 2.76 bits per heavy atom. The molecule has 1 aromatic heterocycles. The Bertz CT molecular complexity index is 505. The third-order valence-electron chi connectivity index (χ3n) is 2.64. The first kappa shape index (κ1) is 11.8. The molecule has 4 heteroatoms. The van der Waals surface area contributed by atoms with Gasteiger partial charge in [0.2, 0.25) is 0 Å². The van der Waals surface area contributed by atoms with Gasteiger partial charge in [0.05, 0.1) is 11.4 Å². The van der Waals surface area contributed by atoms with E-state index in [1.165, 1.54) is 6.07 Å². The van der Waals surface area contributed by atoms with Crippen molar-refractivity contribution in [2.45, 2.75) is 20.0 Å². The van der Waals surface area contributed by atoms with E-state index in [4.69, 9.17) is 0 Å². The highest BCUT2D eigenvalue weighted by Crippen LogP contribution is 2.23. The van der Waals surface area contributed by atoms with E-state index in [9.17, 15) is 4.39 Å². The summed E-state index contributed by atoms with van der Waals surface area (Å²) in [5, 5.41) is 7.47. The minimum atomic E-state index is -0.210. The molecule has 0 atom stereocenters. The van der Waals surface area contributed by atoms with Crippen molar-refractivity contribution in [1.82, 2.24) is 15.1 Å². The number of aryl methyl sites for hydroxylation is 1. The summed E-state index contributed by atoms with van der Waals surface area (Å²) in [6.07, 6.45) is 0. The second-order valence-corrected chi connectivity index (χ2v) is 3.85. The molecule has 0 bridgehead atoms. The number of nitrogens with zero attached hydrogens (tertiary/aromatic N) is 2. The number of aromatic nitrogens is 2. The molecule has 1 aromatic carbocycles. The average molecular weight is 233 g/mol. The number of halogens is 1. The van der Waals surface area contributed by atoms with Gasteiger partial charge < -0.3 is 5.32 Å². The van der Waals surface area contributed by atoms with Gasteiger partial charge in [-0.2, -0.15) is 5.10 Å². The SMILES string of the molecule is CCn1nc(CNC)cc1-c1ccccc1F. The van der Waals surface area contributed by atoms with Crippen molar-refractivity contribution in [3.05, 3.63) is 41.8 Å². The number of rotatable bonds is 4. The molecule has 17 heavy (non-hydrogen) atoms. The molecule has 0 saturated carbocycles. The van der Waals surface area contributed by atoms with E-state index in [1.807, 2.05) is 30.8 Å². The normalized spacial score (nSPS) is 10.8. The Labute approximate surface area is 100 Å². The van der Waals surface area contributed by atoms with Gasteiger partial charge >= 0.3 is 0 Å². The summed E-state index contributed by atoms with van der Waals surface area (Å²) in [6, 6.07) is 8.71. The summed E-state index contributed by atoms with van der Waals surface area (Å²) in [5.74, 6) is -0.210. The van der Waals surface area contributed by atoms with E-state index in [1.54, 1.807) is 12.1 Å². The van der Waals surface area contributed by atoms with Crippen molar-refractivity contribution in [1.29, 1.82) is 0 Å². The Kier molecular flexibility index (Phi) is 3.54. The van der Waals surface area contributed by atoms with Crippen molar-refractivity contribution in [2.75, 3.05) is 7.05 Å². The molecule has 1 N–H and O–H groups in total. The van der Waals surface area contributed by atoms with Gasteiger partial charge in [-0.3, -0.25) is 4.68 Å². The molecule has 0 aliphatic carbocycles. The smallest absolute Gasteiger partial charge is 0.132 e. The topological polar surface area (TPSA) is 29.9 Å². The summed E-state index contributed by atoms with van der Waals surface area (Å²) in [7, 11) is 1.87. The van der Waals surface area contributed by atoms with Gasteiger partial charge in [0, 0.05) is 18.7 Å². The van der Waals surface area contributed by atoms with Gasteiger partial charge in [-0.25, -0.2) is 4.39 Å². The Morgan fingerprint density at radius 2 is 2.12 bits per heavy atom. The lowest BCUT2D eigenvalue weighted by Crippen LogP contribution is -2.06. The van der Waals surface area contributed by atoms with Crippen molar-refractivity contribution in [2.24, 2.45) is 0 Å². The second-order valence-electron chi connectivity index (χ2n) is 3.85. The largest absolute Gasteiger partial charge is 0.314 e. The van der Waals surface area contributed by atoms with Crippen LogP contribution in [-0.4, -0.2) is 16.8 Å². The van der Waals surface area contributed by atoms with Crippen LogP contribution in [0.15, 0.2) is 30.3 Å². The van der Waals surface area contributed by atoms with Crippen LogP contribution < -0.4 is 5.32 Å². The van der Waals surface area contributed by atoms with Crippen molar-refractivity contribution >= 4 is 0 Å². The molecule has 3 nitrogen and oxygen atoms in total. The van der Waals surface area contributed by atoms with E-state index in [-0.39, 0.29) is 5.82 Å². The van der Waals surface area contributed by atoms with E-state index in [2.05, 4.69) is 10.4 Å². The minimum absolute atomic E-state index is 0.210. The van der Waals surface area contributed by atoms with E-state index in [0.717, 1.165) is 17.9 Å². The van der Waals surface area contributed by atoms with Gasteiger partial charge in [0.15, 0.2) is 0 Å². The average Bonchev–Trinajstić information content (AvgIpc) is 2.73. The molecular weight excluding hydrogens is 217 g/mol. The van der Waals surface area contributed by atoms with Gasteiger partial charge in [0.1, 0.15) is 5.82 Å². The maximum absolute atomic E-state index is 13.7. The zero-order valence-corrected chi connectivity index (χ0v) is 10.1. The number of benzene rings is 1. The van der Waals surface area contributed by atoms with Crippen LogP contribution in [0.5, 0.6) is 0 Å². The van der Waals surface area contributed by atoms with Crippen molar-refractivity contribution in [3.63, 3.8) is 0 Å². The quantitative estimate of drug-likeness (QED) is 0.879. The van der Waals surface area contributed by atoms with Crippen LogP contribution in [0.4, 0.5) is 4.39 Å². The highest BCUT2D eigenvalue weighted by Gasteiger charge is 2.11. The second kappa shape index (κ2) is 5.10. The standard InChI is InChI=1S/C13H16FN3/c1-3-17-13(8-10(16-17)9-15-2)11-6-4-5-7-12(11)14/h4-8,15H,3,9H2,1-2H3. The summed E-state index contributed by atoms with van der Waals surface area (Å²) in [4.78, 5) is 0. The molecule has 2 rings (SSSR count). The summed E-state index contributed by atoms with van der Waals surface area (Å²) in [6.45, 7) is 3.42. The molecule has 0 fully saturated rings. The number of hydrogen-bond acceptors (Lipinski definition) is 2. The van der Waals surface area contributed by atoms with Crippen molar-refractivity contribution < 1.29 is 4.39 Å². The molecule has 1 heterocycles. The van der Waals surface area contributed by atoms with Crippen LogP contribution in [0.3, 0.4) is 0 Å². The lowest BCUT2D eigenvalue weighted by Gasteiger charge is -2.05. The molecule has 2 aromatic rings. The molecule has 90 valence electrons. The third kappa shape index (κ3) is 2.36. The molecule has 0 unspecified atom stereocenters. The zero-order chi connectivity index (χ0) is 12.3. The highest BCUT2D eigenvalue weighted by atomic mass is 19.1. The number of nitrogens with one attached hydrogen (secondary N) is 1. The molecule has 0 radical (unpaired) electrons. The van der Waals surface area contributed by atoms with Crippen LogP contribution in [0.2, 0.25) is 0 Å². The van der Waals surface area contributed by atoms with E-state index >= 15 is 0 Å². The van der Waals surface area contributed by atoms with Gasteiger partial charge in [-0.15, -0.1) is 0 Å². The monoisotopic (exact) mass is 233 g/mol. The Hall–Kier alpha value is -1.68. The summed E-state index contributed by atoms with van der Waals surface area (Å²) < 4.78 is 15.6. The fourth-order valence-electron chi connectivity index (χ4n) is 1.86. The maximum atomic E-state index is 13.7. The zero-order valence-electron chi connectivity index (χ0n) is 10.1. The highest BCUT2D eigenvalue weighted by molar-refractivity contribution is 5.60.